The molecule has 2 atom stereocenters. The Morgan fingerprint density at radius 3 is 2.29 bits per heavy atom. The van der Waals surface area contributed by atoms with Gasteiger partial charge in [-0.3, -0.25) is 10.1 Å². The van der Waals surface area contributed by atoms with Crippen LogP contribution in [0.15, 0.2) is 6.07 Å². The Labute approximate surface area is 120 Å². The summed E-state index contributed by atoms with van der Waals surface area (Å²) in [5, 5.41) is 11.3. The summed E-state index contributed by atoms with van der Waals surface area (Å²) in [5.41, 5.74) is 0. The molecule has 0 unspecified atom stereocenters. The van der Waals surface area contributed by atoms with Crippen LogP contribution in [0.3, 0.4) is 0 Å². The highest BCUT2D eigenvalue weighted by Gasteiger charge is 2.35. The van der Waals surface area contributed by atoms with Crippen molar-refractivity contribution in [2.75, 3.05) is 19.5 Å². The zero-order valence-corrected chi connectivity index (χ0v) is 11.5. The molecule has 2 rings (SSSR count). The summed E-state index contributed by atoms with van der Waals surface area (Å²) in [7, 11) is 2.84. The van der Waals surface area contributed by atoms with Crippen molar-refractivity contribution in [1.82, 2.24) is 9.97 Å². The number of rotatable bonds is 5. The van der Waals surface area contributed by atoms with Crippen molar-refractivity contribution in [3.63, 3.8) is 0 Å². The average Bonchev–Trinajstić information content (AvgIpc) is 2.97. The van der Waals surface area contributed by atoms with Gasteiger partial charge in [0.25, 0.3) is 5.91 Å². The van der Waals surface area contributed by atoms with Crippen molar-refractivity contribution in [2.45, 2.75) is 25.0 Å². The van der Waals surface area contributed by atoms with E-state index in [0.29, 0.717) is 6.42 Å². The van der Waals surface area contributed by atoms with Crippen LogP contribution in [0.25, 0.3) is 0 Å². The second-order valence-corrected chi connectivity index (χ2v) is 4.29. The lowest BCUT2D eigenvalue weighted by Crippen LogP contribution is -2.30. The second-order valence-electron chi connectivity index (χ2n) is 4.29. The highest BCUT2D eigenvalue weighted by molar-refractivity contribution is 5.93. The molecule has 1 aliphatic heterocycles. The first-order valence-corrected chi connectivity index (χ1v) is 6.19. The first kappa shape index (κ1) is 15.0. The summed E-state index contributed by atoms with van der Waals surface area (Å²) in [6.07, 6.45) is -1.19. The van der Waals surface area contributed by atoms with Crippen molar-refractivity contribution in [2.24, 2.45) is 0 Å². The number of methoxy groups -OCH3 is 2. The van der Waals surface area contributed by atoms with Crippen LogP contribution in [0.4, 0.5) is 5.95 Å². The maximum Gasteiger partial charge on any atom is 0.332 e. The van der Waals surface area contributed by atoms with Crippen molar-refractivity contribution in [3.05, 3.63) is 6.07 Å². The molecule has 0 aliphatic carbocycles. The minimum atomic E-state index is -1.08. The van der Waals surface area contributed by atoms with Gasteiger partial charge in [-0.05, 0) is 12.8 Å². The first-order chi connectivity index (χ1) is 10.0. The number of hydrogen-bond acceptors (Lipinski definition) is 7. The SMILES string of the molecule is COc1cc(OC)nc(NC(=O)[C@@H]2CC[C@H](C(=O)O)O2)n1. The Bertz CT molecular complexity index is 528. The molecular formula is C12H15N3O6. The zero-order valence-electron chi connectivity index (χ0n) is 11.5. The van der Waals surface area contributed by atoms with Gasteiger partial charge >= 0.3 is 5.97 Å². The third kappa shape index (κ3) is 3.57. The molecule has 1 aromatic rings. The average molecular weight is 297 g/mol. The van der Waals surface area contributed by atoms with E-state index in [-0.39, 0.29) is 24.1 Å². The molecule has 1 amide bonds. The number of nitrogens with one attached hydrogen (secondary N) is 1. The van der Waals surface area contributed by atoms with Crippen molar-refractivity contribution in [3.8, 4) is 11.8 Å². The van der Waals surface area contributed by atoms with Crippen molar-refractivity contribution < 1.29 is 28.9 Å². The molecule has 2 heterocycles. The van der Waals surface area contributed by atoms with E-state index >= 15 is 0 Å². The van der Waals surface area contributed by atoms with E-state index in [1.54, 1.807) is 0 Å². The predicted molar refractivity (Wildman–Crippen MR) is 69.3 cm³/mol. The molecule has 0 aromatic carbocycles. The zero-order chi connectivity index (χ0) is 15.4. The fraction of sp³-hybridized carbons (Fsp3) is 0.500. The Kier molecular flexibility index (Phi) is 4.53. The summed E-state index contributed by atoms with van der Waals surface area (Å²) < 4.78 is 15.1. The highest BCUT2D eigenvalue weighted by Crippen LogP contribution is 2.22. The van der Waals surface area contributed by atoms with Crippen LogP contribution in [0.5, 0.6) is 11.8 Å². The Hall–Kier alpha value is -2.42. The van der Waals surface area contributed by atoms with Gasteiger partial charge in [0.2, 0.25) is 17.7 Å². The van der Waals surface area contributed by atoms with E-state index in [0.717, 1.165) is 0 Å². The lowest BCUT2D eigenvalue weighted by molar-refractivity contribution is -0.150. The molecule has 114 valence electrons. The molecule has 0 radical (unpaired) electrons. The van der Waals surface area contributed by atoms with E-state index in [1.807, 2.05) is 0 Å². The van der Waals surface area contributed by atoms with Gasteiger partial charge in [-0.1, -0.05) is 0 Å². The van der Waals surface area contributed by atoms with Gasteiger partial charge in [0, 0.05) is 0 Å². The smallest absolute Gasteiger partial charge is 0.332 e. The van der Waals surface area contributed by atoms with Gasteiger partial charge in [-0.15, -0.1) is 0 Å². The molecule has 21 heavy (non-hydrogen) atoms. The van der Waals surface area contributed by atoms with E-state index in [2.05, 4.69) is 15.3 Å². The van der Waals surface area contributed by atoms with E-state index < -0.39 is 24.1 Å². The van der Waals surface area contributed by atoms with Crippen LogP contribution in [0.1, 0.15) is 12.8 Å². The van der Waals surface area contributed by atoms with Gasteiger partial charge in [-0.25, -0.2) is 4.79 Å². The number of hydrogen-bond donors (Lipinski definition) is 2. The number of amides is 1. The quantitative estimate of drug-likeness (QED) is 0.783. The van der Waals surface area contributed by atoms with Gasteiger partial charge < -0.3 is 19.3 Å². The van der Waals surface area contributed by atoms with E-state index in [1.165, 1.54) is 20.3 Å². The summed E-state index contributed by atoms with van der Waals surface area (Å²) in [6, 6.07) is 1.46. The van der Waals surface area contributed by atoms with Gasteiger partial charge in [0.15, 0.2) is 6.10 Å². The van der Waals surface area contributed by atoms with Crippen molar-refractivity contribution >= 4 is 17.8 Å². The molecular weight excluding hydrogens is 282 g/mol. The molecule has 1 aromatic heterocycles. The fourth-order valence-corrected chi connectivity index (χ4v) is 1.87. The molecule has 0 spiro atoms. The second kappa shape index (κ2) is 6.35. The van der Waals surface area contributed by atoms with Gasteiger partial charge in [0.05, 0.1) is 20.3 Å². The molecule has 9 heteroatoms. The largest absolute Gasteiger partial charge is 0.481 e. The number of carbonyl (C=O) groups excluding carboxylic acids is 1. The molecule has 9 nitrogen and oxygen atoms in total. The summed E-state index contributed by atoms with van der Waals surface area (Å²) in [5.74, 6) is -1.13. The minimum absolute atomic E-state index is 0.00132. The number of nitrogens with zero attached hydrogens (tertiary/aromatic N) is 2. The topological polar surface area (TPSA) is 120 Å². The van der Waals surface area contributed by atoms with Crippen LogP contribution in [0.2, 0.25) is 0 Å². The van der Waals surface area contributed by atoms with Crippen LogP contribution in [-0.2, 0) is 14.3 Å². The normalized spacial score (nSPS) is 20.9. The number of carbonyl (C=O) groups is 2. The maximum absolute atomic E-state index is 12.0. The molecule has 1 saturated heterocycles. The van der Waals surface area contributed by atoms with Gasteiger partial charge in [-0.2, -0.15) is 9.97 Å². The Morgan fingerprint density at radius 1 is 1.24 bits per heavy atom. The highest BCUT2D eigenvalue weighted by atomic mass is 16.5. The lowest BCUT2D eigenvalue weighted by atomic mass is 10.2. The fourth-order valence-electron chi connectivity index (χ4n) is 1.87. The Balaban J connectivity index is 2.04. The summed E-state index contributed by atoms with van der Waals surface area (Å²) in [6.45, 7) is 0. The predicted octanol–water partition coefficient (Wildman–Crippen LogP) is 0.0645. The molecule has 1 aliphatic rings. The molecule has 2 N–H and O–H groups in total. The third-order valence-electron chi connectivity index (χ3n) is 2.92. The first-order valence-electron chi connectivity index (χ1n) is 6.19. The van der Waals surface area contributed by atoms with Crippen molar-refractivity contribution in [1.29, 1.82) is 0 Å². The third-order valence-corrected chi connectivity index (χ3v) is 2.92. The van der Waals surface area contributed by atoms with E-state index in [9.17, 15) is 9.59 Å². The standard InChI is InChI=1S/C12H15N3O6/c1-19-8-5-9(20-2)14-12(13-8)15-10(16)6-3-4-7(21-6)11(17)18/h5-7H,3-4H2,1-2H3,(H,17,18)(H,13,14,15,16)/t6-,7+/m0/s1. The van der Waals surface area contributed by atoms with Gasteiger partial charge in [0.1, 0.15) is 6.10 Å². The maximum atomic E-state index is 12.0. The van der Waals surface area contributed by atoms with Crippen LogP contribution >= 0.6 is 0 Å². The number of anilines is 1. The molecule has 0 bridgehead atoms. The van der Waals surface area contributed by atoms with Crippen LogP contribution in [-0.4, -0.2) is 53.4 Å². The summed E-state index contributed by atoms with van der Waals surface area (Å²) >= 11 is 0. The summed E-state index contributed by atoms with van der Waals surface area (Å²) in [4.78, 5) is 30.7. The van der Waals surface area contributed by atoms with Crippen LogP contribution in [0, 0.1) is 0 Å². The monoisotopic (exact) mass is 297 g/mol. The number of aromatic nitrogens is 2. The molecule has 0 saturated carbocycles. The van der Waals surface area contributed by atoms with Crippen LogP contribution < -0.4 is 14.8 Å². The number of carboxylic acid groups (broad SMARTS) is 1. The Morgan fingerprint density at radius 2 is 1.81 bits per heavy atom. The lowest BCUT2D eigenvalue weighted by Gasteiger charge is -2.11. The van der Waals surface area contributed by atoms with E-state index in [4.69, 9.17) is 19.3 Å². The molecule has 1 fully saturated rings. The minimum Gasteiger partial charge on any atom is -0.481 e. The number of aliphatic carboxylic acids is 1. The number of ether oxygens (including phenoxy) is 3. The number of carboxylic acids is 1.